The smallest absolute Gasteiger partial charge is 0.126 e. The number of hydrogen-bond donors (Lipinski definition) is 0. The number of ether oxygens (including phenoxy) is 4. The Hall–Kier alpha value is -2.04. The molecule has 4 atom stereocenters. The van der Waals surface area contributed by atoms with E-state index in [-0.39, 0.29) is 21.7 Å². The molecular weight excluding hydrogens is 785 g/mol. The molecule has 0 bridgehead atoms. The van der Waals surface area contributed by atoms with Gasteiger partial charge in [0.25, 0.3) is 0 Å². The molecule has 2 saturated heterocycles. The molecule has 0 amide bonds. The summed E-state index contributed by atoms with van der Waals surface area (Å²) in [6.07, 6.45) is 27.2. The van der Waals surface area contributed by atoms with E-state index in [0.29, 0.717) is 24.0 Å². The quantitative estimate of drug-likeness (QED) is 0.0511. The molecule has 2 aromatic rings. The summed E-state index contributed by atoms with van der Waals surface area (Å²) in [5.74, 6) is 3.62. The van der Waals surface area contributed by atoms with Gasteiger partial charge in [-0.05, 0) is 120 Å². The van der Waals surface area contributed by atoms with Crippen LogP contribution in [0.3, 0.4) is 0 Å². The van der Waals surface area contributed by atoms with Crippen LogP contribution in [-0.2, 0) is 31.1 Å². The van der Waals surface area contributed by atoms with Crippen LogP contribution in [0.25, 0.3) is 11.1 Å². The van der Waals surface area contributed by atoms with Crippen molar-refractivity contribution in [2.24, 2.45) is 11.8 Å². The Kier molecular flexibility index (Phi) is 22.1. The van der Waals surface area contributed by atoms with Crippen LogP contribution in [0, 0.1) is 11.8 Å². The van der Waals surface area contributed by atoms with Gasteiger partial charge in [-0.25, -0.2) is 0 Å². The number of unbranched alkanes of at least 4 members (excludes halogenated alkanes) is 8. The Bertz CT molecular complexity index is 1430. The molecule has 0 radical (unpaired) electrons. The van der Waals surface area contributed by atoms with Crippen LogP contribution >= 0.6 is 0 Å². The number of epoxide rings is 2. The minimum atomic E-state index is -0.0437. The molecule has 4 nitrogen and oxygen atoms in total. The van der Waals surface area contributed by atoms with E-state index >= 15 is 0 Å². The average Bonchev–Trinajstić information content (AvgIpc) is 4.20. The first-order valence-electron chi connectivity index (χ1n) is 27.4. The molecule has 0 aliphatic carbocycles. The van der Waals surface area contributed by atoms with Gasteiger partial charge in [0.15, 0.2) is 0 Å². The van der Waals surface area contributed by atoms with Crippen molar-refractivity contribution in [3.63, 3.8) is 0 Å². The van der Waals surface area contributed by atoms with Crippen LogP contribution in [0.4, 0.5) is 0 Å². The summed E-state index contributed by atoms with van der Waals surface area (Å²) in [7, 11) is 0. The Morgan fingerprint density at radius 2 is 0.703 bits per heavy atom. The van der Waals surface area contributed by atoms with E-state index in [1.54, 1.807) is 0 Å². The van der Waals surface area contributed by atoms with Gasteiger partial charge >= 0.3 is 0 Å². The zero-order valence-corrected chi connectivity index (χ0v) is 44.6. The minimum Gasteiger partial charge on any atom is -0.493 e. The van der Waals surface area contributed by atoms with Crippen LogP contribution in [0.5, 0.6) is 11.5 Å². The van der Waals surface area contributed by atoms with Crippen LogP contribution in [0.1, 0.15) is 260 Å². The summed E-state index contributed by atoms with van der Waals surface area (Å²) in [6, 6.07) is 10.3. The fourth-order valence-electron chi connectivity index (χ4n) is 10.7. The molecule has 2 aliphatic heterocycles. The van der Waals surface area contributed by atoms with Gasteiger partial charge in [-0.2, -0.15) is 0 Å². The molecule has 2 fully saturated rings. The van der Waals surface area contributed by atoms with Gasteiger partial charge in [0.1, 0.15) is 11.5 Å². The lowest BCUT2D eigenvalue weighted by atomic mass is 9.71. The normalized spacial score (nSPS) is 17.7. The fraction of sp³-hybridized carbons (Fsp3) is 0.800. The molecule has 64 heavy (non-hydrogen) atoms. The Morgan fingerprint density at radius 1 is 0.438 bits per heavy atom. The lowest BCUT2D eigenvalue weighted by Crippen LogP contribution is -2.25. The van der Waals surface area contributed by atoms with Gasteiger partial charge in [-0.3, -0.25) is 0 Å². The maximum Gasteiger partial charge on any atom is 0.126 e. The molecule has 4 heteroatoms. The van der Waals surface area contributed by atoms with Crippen molar-refractivity contribution in [1.29, 1.82) is 0 Å². The average molecular weight is 887 g/mol. The van der Waals surface area contributed by atoms with Gasteiger partial charge in [-0.15, -0.1) is 0 Å². The number of hydrogen-bond acceptors (Lipinski definition) is 4. The SMILES string of the molecule is CCCCCC(C)(C)c1cc(-c2cc(C(C)(C)CCCCC)c(OCCCC(CC)C3CO3)c(C(C)(C)CCCCC)c2)cc(C(C)(C)CCCCC)c1OCCCC(CC)C1CO1. The van der Waals surface area contributed by atoms with Gasteiger partial charge in [0.2, 0.25) is 0 Å². The first-order valence-corrected chi connectivity index (χ1v) is 27.4. The molecule has 0 saturated carbocycles. The lowest BCUT2D eigenvalue weighted by Gasteiger charge is -2.36. The van der Waals surface area contributed by atoms with Gasteiger partial charge < -0.3 is 18.9 Å². The van der Waals surface area contributed by atoms with Gasteiger partial charge in [-0.1, -0.05) is 187 Å². The molecule has 0 N–H and O–H groups in total. The highest BCUT2D eigenvalue weighted by Gasteiger charge is 2.37. The highest BCUT2D eigenvalue weighted by atomic mass is 16.6. The number of rotatable bonds is 35. The molecule has 2 aliphatic rings. The molecule has 4 rings (SSSR count). The lowest BCUT2D eigenvalue weighted by molar-refractivity contribution is 0.253. The predicted octanol–water partition coefficient (Wildman–Crippen LogP) is 18.0. The Labute approximate surface area is 396 Å². The monoisotopic (exact) mass is 887 g/mol. The summed E-state index contributed by atoms with van der Waals surface area (Å²) in [5.41, 5.74) is 8.11. The molecule has 0 aromatic heterocycles. The third kappa shape index (κ3) is 16.0. The summed E-state index contributed by atoms with van der Waals surface area (Å²) >= 11 is 0. The molecule has 0 spiro atoms. The van der Waals surface area contributed by atoms with Crippen LogP contribution in [-0.4, -0.2) is 38.6 Å². The first kappa shape index (κ1) is 54.6. The molecule has 4 unspecified atom stereocenters. The van der Waals surface area contributed by atoms with E-state index in [0.717, 1.165) is 65.0 Å². The zero-order valence-electron chi connectivity index (χ0n) is 44.6. The highest BCUT2D eigenvalue weighted by molar-refractivity contribution is 5.73. The van der Waals surface area contributed by atoms with E-state index in [1.807, 2.05) is 0 Å². The maximum absolute atomic E-state index is 7.25. The summed E-state index contributed by atoms with van der Waals surface area (Å²) in [4.78, 5) is 0. The second kappa shape index (κ2) is 25.9. The van der Waals surface area contributed by atoms with Crippen molar-refractivity contribution < 1.29 is 18.9 Å². The maximum atomic E-state index is 7.25. The van der Waals surface area contributed by atoms with E-state index in [2.05, 4.69) is 121 Å². The van der Waals surface area contributed by atoms with E-state index < -0.39 is 0 Å². The minimum absolute atomic E-state index is 0.0437. The van der Waals surface area contributed by atoms with Gasteiger partial charge in [0, 0.05) is 22.3 Å². The van der Waals surface area contributed by atoms with Gasteiger partial charge in [0.05, 0.1) is 38.6 Å². The second-order valence-corrected chi connectivity index (χ2v) is 23.2. The summed E-state index contributed by atoms with van der Waals surface area (Å²) < 4.78 is 26.0. The first-order chi connectivity index (χ1) is 30.5. The fourth-order valence-corrected chi connectivity index (χ4v) is 10.7. The summed E-state index contributed by atoms with van der Waals surface area (Å²) in [5, 5.41) is 0. The third-order valence-electron chi connectivity index (χ3n) is 15.8. The Morgan fingerprint density at radius 3 is 0.922 bits per heavy atom. The van der Waals surface area contributed by atoms with Crippen molar-refractivity contribution in [3.05, 3.63) is 46.5 Å². The molecule has 2 aromatic carbocycles. The topological polar surface area (TPSA) is 43.5 Å². The Balaban J connectivity index is 1.97. The van der Waals surface area contributed by atoms with E-state index in [1.165, 1.54) is 148 Å². The van der Waals surface area contributed by atoms with Crippen molar-refractivity contribution in [1.82, 2.24) is 0 Å². The van der Waals surface area contributed by atoms with Crippen LogP contribution in [0.15, 0.2) is 24.3 Å². The molecular formula is C60H102O4. The highest BCUT2D eigenvalue weighted by Crippen LogP contribution is 2.50. The van der Waals surface area contributed by atoms with E-state index in [4.69, 9.17) is 18.9 Å². The number of benzene rings is 2. The van der Waals surface area contributed by atoms with E-state index in [9.17, 15) is 0 Å². The predicted molar refractivity (Wildman–Crippen MR) is 277 cm³/mol. The molecule has 366 valence electrons. The van der Waals surface area contributed by atoms with Crippen molar-refractivity contribution in [3.8, 4) is 22.6 Å². The summed E-state index contributed by atoms with van der Waals surface area (Å²) in [6.45, 7) is 37.3. The largest absolute Gasteiger partial charge is 0.493 e. The van der Waals surface area contributed by atoms with Crippen molar-refractivity contribution >= 4 is 0 Å². The second-order valence-electron chi connectivity index (χ2n) is 23.2. The molecule has 2 heterocycles. The van der Waals surface area contributed by atoms with Crippen LogP contribution < -0.4 is 9.47 Å². The zero-order chi connectivity index (χ0) is 47.0. The van der Waals surface area contributed by atoms with Crippen molar-refractivity contribution in [2.75, 3.05) is 26.4 Å². The third-order valence-corrected chi connectivity index (χ3v) is 15.8. The standard InChI is InChI=1S/C60H102O4/c1-15-21-25-33-57(7,8)49-39-47(40-50(58(9,10)34-26-22-16-2)55(49)61-37-29-31-45(19-5)53-43-63-53)48-41-51(59(11,12)35-27-23-17-3)56(52(42-48)60(13,14)36-28-24-18-4)62-38-30-32-46(20-6)54-44-64-54/h39-42,45-46,53-54H,15-38,43-44H2,1-14H3. The van der Waals surface area contributed by atoms with Crippen LogP contribution in [0.2, 0.25) is 0 Å². The van der Waals surface area contributed by atoms with Crippen molar-refractivity contribution in [2.45, 2.75) is 272 Å².